The number of nitrogens with one attached hydrogen (secondary N) is 1. The fourth-order valence-corrected chi connectivity index (χ4v) is 2.59. The zero-order valence-electron chi connectivity index (χ0n) is 20.2. The number of hydrogen-bond acceptors (Lipinski definition) is 9. The maximum atomic E-state index is 11.7. The van der Waals surface area contributed by atoms with Crippen LogP contribution in [0.15, 0.2) is 12.2 Å². The first-order valence-electron chi connectivity index (χ1n) is 10.7. The summed E-state index contributed by atoms with van der Waals surface area (Å²) >= 11 is 0. The van der Waals surface area contributed by atoms with Gasteiger partial charge in [0.15, 0.2) is 0 Å². The molecule has 0 aliphatic carbocycles. The Bertz CT molecular complexity index is 646. The van der Waals surface area contributed by atoms with Crippen molar-refractivity contribution in [3.05, 3.63) is 12.2 Å². The third kappa shape index (κ3) is 13.9. The molecule has 0 aromatic rings. The summed E-state index contributed by atoms with van der Waals surface area (Å²) in [5, 5.41) is 2.67. The minimum absolute atomic E-state index is 0. The second-order valence-electron chi connectivity index (χ2n) is 8.51. The summed E-state index contributed by atoms with van der Waals surface area (Å²) in [5.41, 5.74) is -1.01. The number of hydrogen-bond donors (Lipinski definition) is 2. The second-order valence-corrected chi connectivity index (χ2v) is 8.51. The van der Waals surface area contributed by atoms with Crippen molar-refractivity contribution in [2.75, 3.05) is 52.7 Å². The Morgan fingerprint density at radius 1 is 0.939 bits per heavy atom. The van der Waals surface area contributed by atoms with Crippen molar-refractivity contribution < 1.29 is 38.1 Å². The summed E-state index contributed by atoms with van der Waals surface area (Å²) in [6, 6.07) is 0. The highest BCUT2D eigenvalue weighted by Crippen LogP contribution is 2.18. The molecular weight excluding hydrogens is 434 g/mol. The molecule has 1 aliphatic rings. The third-order valence-corrected chi connectivity index (χ3v) is 4.51. The largest absolute Gasteiger partial charge is 0.377 e. The van der Waals surface area contributed by atoms with E-state index >= 15 is 0 Å². The molecule has 190 valence electrons. The van der Waals surface area contributed by atoms with E-state index in [0.29, 0.717) is 52.6 Å². The van der Waals surface area contributed by atoms with Crippen LogP contribution >= 0.6 is 0 Å². The number of carbonyl (C=O) groups is 4. The van der Waals surface area contributed by atoms with Gasteiger partial charge < -0.3 is 35.2 Å². The summed E-state index contributed by atoms with van der Waals surface area (Å²) in [4.78, 5) is 46.2. The number of amides is 3. The third-order valence-electron chi connectivity index (χ3n) is 4.51. The predicted octanol–water partition coefficient (Wildman–Crippen LogP) is 0.792. The molecule has 4 N–H and O–H groups in total. The van der Waals surface area contributed by atoms with Crippen LogP contribution in [0, 0.1) is 0 Å². The van der Waals surface area contributed by atoms with Gasteiger partial charge in [-0.15, -0.1) is 0 Å². The predicted molar refractivity (Wildman–Crippen MR) is 121 cm³/mol. The Balaban J connectivity index is 0.0000102. The van der Waals surface area contributed by atoms with Gasteiger partial charge in [0.05, 0.1) is 50.8 Å². The van der Waals surface area contributed by atoms with Crippen LogP contribution in [0.4, 0.5) is 0 Å². The van der Waals surface area contributed by atoms with Gasteiger partial charge in [0, 0.05) is 38.1 Å². The Hall–Kier alpha value is -2.18. The molecule has 0 radical (unpaired) electrons. The van der Waals surface area contributed by atoms with Gasteiger partial charge in [-0.1, -0.05) is 0 Å². The highest BCUT2D eigenvalue weighted by atomic mass is 16.6. The molecule has 0 unspecified atom stereocenters. The van der Waals surface area contributed by atoms with E-state index in [1.165, 1.54) is 12.2 Å². The first-order chi connectivity index (χ1) is 15.1. The molecule has 0 saturated heterocycles. The smallest absolute Gasteiger partial charge is 0.253 e. The van der Waals surface area contributed by atoms with Crippen LogP contribution in [0.5, 0.6) is 0 Å². The lowest BCUT2D eigenvalue weighted by molar-refractivity contribution is -0.137. The lowest BCUT2D eigenvalue weighted by Crippen LogP contribution is -2.37. The second kappa shape index (κ2) is 15.6. The summed E-state index contributed by atoms with van der Waals surface area (Å²) in [7, 11) is 0. The molecule has 3 amide bonds. The minimum Gasteiger partial charge on any atom is -0.377 e. The van der Waals surface area contributed by atoms with E-state index in [9.17, 15) is 19.2 Å². The van der Waals surface area contributed by atoms with Crippen LogP contribution in [0.25, 0.3) is 0 Å². The maximum Gasteiger partial charge on any atom is 0.253 e. The van der Waals surface area contributed by atoms with Crippen molar-refractivity contribution in [3.63, 3.8) is 0 Å². The summed E-state index contributed by atoms with van der Waals surface area (Å²) in [5.74, 6) is -1.05. The summed E-state index contributed by atoms with van der Waals surface area (Å²) < 4.78 is 22.4. The molecule has 0 atom stereocenters. The molecule has 0 bridgehead atoms. The van der Waals surface area contributed by atoms with Crippen LogP contribution in [0.3, 0.4) is 0 Å². The Morgan fingerprint density at radius 3 is 2.12 bits per heavy atom. The summed E-state index contributed by atoms with van der Waals surface area (Å²) in [6.07, 6.45) is 3.61. The molecule has 1 aliphatic heterocycles. The zero-order chi connectivity index (χ0) is 24.0. The number of nitrogens with zero attached hydrogens (tertiary/aromatic N) is 1. The normalized spacial score (nSPS) is 13.9. The number of aldehydes is 1. The molecule has 0 spiro atoms. The van der Waals surface area contributed by atoms with E-state index in [0.717, 1.165) is 11.2 Å². The first kappa shape index (κ1) is 30.8. The van der Waals surface area contributed by atoms with Crippen LogP contribution in [-0.2, 0) is 38.1 Å². The van der Waals surface area contributed by atoms with Gasteiger partial charge >= 0.3 is 0 Å². The zero-order valence-corrected chi connectivity index (χ0v) is 20.2. The Morgan fingerprint density at radius 2 is 1.52 bits per heavy atom. The lowest BCUT2D eigenvalue weighted by atomic mass is 10.1. The van der Waals surface area contributed by atoms with Crippen molar-refractivity contribution in [3.8, 4) is 0 Å². The van der Waals surface area contributed by atoms with Crippen molar-refractivity contribution in [2.45, 2.75) is 51.7 Å². The SMILES string of the molecule is CC(C)(CC=O)OCC(C)(C)OCCOCCOCCNC(=O)CCN1C(=O)C=CC1=O.N. The van der Waals surface area contributed by atoms with Crippen LogP contribution in [-0.4, -0.2) is 92.8 Å². The molecule has 0 fully saturated rings. The van der Waals surface area contributed by atoms with E-state index in [-0.39, 0.29) is 25.0 Å². The monoisotopic (exact) mass is 473 g/mol. The van der Waals surface area contributed by atoms with Crippen molar-refractivity contribution in [1.29, 1.82) is 0 Å². The minimum atomic E-state index is -0.515. The molecule has 1 rings (SSSR count). The molecule has 0 aromatic heterocycles. The van der Waals surface area contributed by atoms with Gasteiger partial charge in [0.1, 0.15) is 6.29 Å². The van der Waals surface area contributed by atoms with E-state index < -0.39 is 23.0 Å². The number of rotatable bonds is 18. The number of carbonyl (C=O) groups excluding carboxylic acids is 4. The molecule has 1 heterocycles. The van der Waals surface area contributed by atoms with Crippen LogP contribution < -0.4 is 11.5 Å². The van der Waals surface area contributed by atoms with Gasteiger partial charge in [0.25, 0.3) is 11.8 Å². The summed E-state index contributed by atoms with van der Waals surface area (Å²) in [6.45, 7) is 10.2. The van der Waals surface area contributed by atoms with Gasteiger partial charge in [-0.05, 0) is 27.7 Å². The molecule has 0 aromatic carbocycles. The quantitative estimate of drug-likeness (QED) is 0.167. The fourth-order valence-electron chi connectivity index (χ4n) is 2.59. The van der Waals surface area contributed by atoms with Crippen LogP contribution in [0.1, 0.15) is 40.5 Å². The average molecular weight is 474 g/mol. The van der Waals surface area contributed by atoms with Gasteiger partial charge in [-0.3, -0.25) is 19.3 Å². The van der Waals surface area contributed by atoms with Gasteiger partial charge in [-0.2, -0.15) is 0 Å². The molecule has 11 heteroatoms. The van der Waals surface area contributed by atoms with E-state index in [1.807, 2.05) is 27.7 Å². The van der Waals surface area contributed by atoms with Crippen molar-refractivity contribution in [2.24, 2.45) is 0 Å². The Kier molecular flexibility index (Phi) is 14.6. The van der Waals surface area contributed by atoms with Gasteiger partial charge in [-0.25, -0.2) is 0 Å². The lowest BCUT2D eigenvalue weighted by Gasteiger charge is -2.31. The van der Waals surface area contributed by atoms with Crippen molar-refractivity contribution >= 4 is 24.0 Å². The molecule has 0 saturated carbocycles. The number of imide groups is 1. The van der Waals surface area contributed by atoms with Crippen LogP contribution in [0.2, 0.25) is 0 Å². The highest BCUT2D eigenvalue weighted by molar-refractivity contribution is 6.13. The Labute approximate surface area is 195 Å². The maximum absolute atomic E-state index is 11.7. The topological polar surface area (TPSA) is 155 Å². The average Bonchev–Trinajstić information content (AvgIpc) is 3.04. The molecule has 11 nitrogen and oxygen atoms in total. The number of ether oxygens (including phenoxy) is 4. The van der Waals surface area contributed by atoms with E-state index in [1.54, 1.807) is 0 Å². The fraction of sp³-hybridized carbons (Fsp3) is 0.727. The first-order valence-corrected chi connectivity index (χ1v) is 10.7. The van der Waals surface area contributed by atoms with E-state index in [2.05, 4.69) is 5.32 Å². The highest BCUT2D eigenvalue weighted by Gasteiger charge is 2.25. The van der Waals surface area contributed by atoms with E-state index in [4.69, 9.17) is 18.9 Å². The molecular formula is C22H39N3O8. The van der Waals surface area contributed by atoms with Gasteiger partial charge in [0.2, 0.25) is 5.91 Å². The standard InChI is InChI=1S/C22H36N2O8.H3N/c1-21(2,8-11-25)32-17-22(3,4)31-16-15-30-14-13-29-12-9-23-18(26)7-10-24-19(27)5-6-20(24)28;/h5-6,11H,7-10,12-17H2,1-4H3,(H,23,26);1H3. The van der Waals surface area contributed by atoms with Crippen molar-refractivity contribution in [1.82, 2.24) is 16.4 Å². The molecule has 33 heavy (non-hydrogen) atoms.